The van der Waals surface area contributed by atoms with Gasteiger partial charge in [0.25, 0.3) is 5.56 Å². The van der Waals surface area contributed by atoms with Gasteiger partial charge < -0.3 is 14.1 Å². The average Bonchev–Trinajstić information content (AvgIpc) is 2.85. The van der Waals surface area contributed by atoms with Crippen LogP contribution < -0.4 is 5.56 Å². The Bertz CT molecular complexity index is 982. The first-order valence-electron chi connectivity index (χ1n) is 7.83. The van der Waals surface area contributed by atoms with Crippen LogP contribution in [-0.4, -0.2) is 20.6 Å². The highest BCUT2D eigenvalue weighted by molar-refractivity contribution is 6.03. The topological polar surface area (TPSA) is 81.0 Å². The Labute approximate surface area is 132 Å². The fraction of sp³-hybridized carbons (Fsp3) is 0.471. The molecular weight excluding hydrogens is 294 g/mol. The molecule has 23 heavy (non-hydrogen) atoms. The number of rotatable bonds is 1. The second-order valence-electron chi connectivity index (χ2n) is 7.03. The number of H-pyrrole nitrogens is 1. The van der Waals surface area contributed by atoms with Crippen LogP contribution in [0.5, 0.6) is 0 Å². The van der Waals surface area contributed by atoms with Crippen molar-refractivity contribution < 1.29 is 9.15 Å². The van der Waals surface area contributed by atoms with E-state index in [4.69, 9.17) is 9.15 Å². The third-order valence-electron chi connectivity index (χ3n) is 4.41. The summed E-state index contributed by atoms with van der Waals surface area (Å²) in [7, 11) is 0. The molecule has 3 aromatic heterocycles. The van der Waals surface area contributed by atoms with Crippen molar-refractivity contribution in [1.82, 2.24) is 15.0 Å². The molecule has 0 fully saturated rings. The van der Waals surface area contributed by atoms with Crippen molar-refractivity contribution >= 4 is 22.2 Å². The SMILES string of the molecule is CC(C)c1nc2oc3c(=O)[nH]cnc3c2c2c1COC(C)(C)C2. The summed E-state index contributed by atoms with van der Waals surface area (Å²) < 4.78 is 11.7. The Hall–Kier alpha value is -2.21. The van der Waals surface area contributed by atoms with Gasteiger partial charge in [0, 0.05) is 12.0 Å². The summed E-state index contributed by atoms with van der Waals surface area (Å²) in [5, 5.41) is 0.849. The minimum Gasteiger partial charge on any atom is -0.430 e. The number of hydrogen-bond donors (Lipinski definition) is 1. The summed E-state index contributed by atoms with van der Waals surface area (Å²) in [5.74, 6) is 0.248. The number of hydrogen-bond acceptors (Lipinski definition) is 5. The van der Waals surface area contributed by atoms with E-state index < -0.39 is 0 Å². The quantitative estimate of drug-likeness (QED) is 0.747. The summed E-state index contributed by atoms with van der Waals surface area (Å²) in [6, 6.07) is 0. The maximum absolute atomic E-state index is 12.0. The summed E-state index contributed by atoms with van der Waals surface area (Å²) in [5.41, 5.74) is 3.99. The minimum atomic E-state index is -0.279. The van der Waals surface area contributed by atoms with Gasteiger partial charge in [-0.15, -0.1) is 0 Å². The van der Waals surface area contributed by atoms with Crippen LogP contribution in [0.2, 0.25) is 0 Å². The number of aromatic amines is 1. The van der Waals surface area contributed by atoms with E-state index in [1.165, 1.54) is 6.33 Å². The summed E-state index contributed by atoms with van der Waals surface area (Å²) in [6.45, 7) is 8.86. The Morgan fingerprint density at radius 2 is 2.09 bits per heavy atom. The van der Waals surface area contributed by atoms with Gasteiger partial charge in [0.05, 0.1) is 29.6 Å². The molecule has 0 saturated carbocycles. The van der Waals surface area contributed by atoms with E-state index in [1.807, 2.05) is 0 Å². The second kappa shape index (κ2) is 4.64. The number of nitrogens with one attached hydrogen (secondary N) is 1. The maximum atomic E-state index is 12.0. The fourth-order valence-corrected chi connectivity index (χ4v) is 3.32. The molecule has 1 aliphatic heterocycles. The van der Waals surface area contributed by atoms with Crippen LogP contribution in [0.4, 0.5) is 0 Å². The van der Waals surface area contributed by atoms with Crippen LogP contribution in [0, 0.1) is 0 Å². The van der Waals surface area contributed by atoms with Crippen LogP contribution in [0.15, 0.2) is 15.5 Å². The predicted octanol–water partition coefficient (Wildman–Crippen LogP) is 3.04. The zero-order chi connectivity index (χ0) is 16.4. The number of ether oxygens (including phenoxy) is 1. The van der Waals surface area contributed by atoms with E-state index in [0.29, 0.717) is 17.8 Å². The molecule has 0 saturated heterocycles. The lowest BCUT2D eigenvalue weighted by Gasteiger charge is -2.33. The van der Waals surface area contributed by atoms with Gasteiger partial charge in [-0.2, -0.15) is 0 Å². The molecule has 0 bridgehead atoms. The average molecular weight is 313 g/mol. The first-order chi connectivity index (χ1) is 10.9. The van der Waals surface area contributed by atoms with Crippen molar-refractivity contribution in [2.24, 2.45) is 0 Å². The standard InChI is InChI=1S/C17H19N3O3/c1-8(2)12-10-6-22-17(3,4)5-9(10)11-13-14(23-16(11)20-12)15(21)19-7-18-13/h7-8H,5-6H2,1-4H3,(H,18,19,21). The third-order valence-corrected chi connectivity index (χ3v) is 4.41. The van der Waals surface area contributed by atoms with Gasteiger partial charge in [-0.25, -0.2) is 9.97 Å². The van der Waals surface area contributed by atoms with Crippen molar-refractivity contribution in [3.05, 3.63) is 33.5 Å². The molecule has 0 amide bonds. The van der Waals surface area contributed by atoms with Gasteiger partial charge in [-0.05, 0) is 25.3 Å². The Balaban J connectivity index is 2.17. The minimum absolute atomic E-state index is 0.238. The molecule has 4 heterocycles. The van der Waals surface area contributed by atoms with Gasteiger partial charge in [0.15, 0.2) is 0 Å². The molecule has 0 radical (unpaired) electrons. The van der Waals surface area contributed by atoms with E-state index >= 15 is 0 Å². The smallest absolute Gasteiger partial charge is 0.294 e. The Morgan fingerprint density at radius 1 is 1.30 bits per heavy atom. The molecule has 0 aliphatic carbocycles. The molecule has 4 rings (SSSR count). The summed E-state index contributed by atoms with van der Waals surface area (Å²) in [4.78, 5) is 23.6. The largest absolute Gasteiger partial charge is 0.430 e. The van der Waals surface area contributed by atoms with Crippen molar-refractivity contribution in [3.8, 4) is 0 Å². The summed E-state index contributed by atoms with van der Waals surface area (Å²) in [6.07, 6.45) is 2.15. The molecule has 0 atom stereocenters. The first-order valence-corrected chi connectivity index (χ1v) is 7.83. The Morgan fingerprint density at radius 3 is 2.83 bits per heavy atom. The molecular formula is C17H19N3O3. The maximum Gasteiger partial charge on any atom is 0.294 e. The zero-order valence-electron chi connectivity index (χ0n) is 13.7. The molecule has 0 spiro atoms. The Kier molecular flexibility index (Phi) is 2.90. The predicted molar refractivity (Wildman–Crippen MR) is 86.6 cm³/mol. The third kappa shape index (κ3) is 2.09. The van der Waals surface area contributed by atoms with E-state index in [0.717, 1.165) is 28.6 Å². The van der Waals surface area contributed by atoms with E-state index in [9.17, 15) is 4.79 Å². The lowest BCUT2D eigenvalue weighted by atomic mass is 9.87. The molecule has 120 valence electrons. The highest BCUT2D eigenvalue weighted by Gasteiger charge is 2.32. The van der Waals surface area contributed by atoms with Gasteiger partial charge >= 0.3 is 0 Å². The number of nitrogens with zero attached hydrogens (tertiary/aromatic N) is 2. The number of fused-ring (bicyclic) bond motifs is 5. The van der Waals surface area contributed by atoms with Crippen LogP contribution in [0.3, 0.4) is 0 Å². The summed E-state index contributed by atoms with van der Waals surface area (Å²) >= 11 is 0. The molecule has 6 nitrogen and oxygen atoms in total. The molecule has 0 unspecified atom stereocenters. The normalized spacial score (nSPS) is 17.1. The van der Waals surface area contributed by atoms with Gasteiger partial charge in [-0.1, -0.05) is 13.8 Å². The van der Waals surface area contributed by atoms with Crippen molar-refractivity contribution in [2.75, 3.05) is 0 Å². The second-order valence-corrected chi connectivity index (χ2v) is 7.03. The number of furan rings is 1. The van der Waals surface area contributed by atoms with Crippen molar-refractivity contribution in [1.29, 1.82) is 0 Å². The number of aromatic nitrogens is 3. The monoisotopic (exact) mass is 313 g/mol. The molecule has 3 aromatic rings. The lowest BCUT2D eigenvalue weighted by Crippen LogP contribution is -2.33. The first kappa shape index (κ1) is 14.4. The number of pyridine rings is 1. The van der Waals surface area contributed by atoms with Gasteiger partial charge in [-0.3, -0.25) is 4.79 Å². The van der Waals surface area contributed by atoms with E-state index in [-0.39, 0.29) is 22.7 Å². The molecule has 1 N–H and O–H groups in total. The van der Waals surface area contributed by atoms with Gasteiger partial charge in [0.1, 0.15) is 5.52 Å². The van der Waals surface area contributed by atoms with E-state index in [2.05, 4.69) is 42.6 Å². The molecule has 1 aliphatic rings. The van der Waals surface area contributed by atoms with Crippen LogP contribution >= 0.6 is 0 Å². The van der Waals surface area contributed by atoms with Crippen molar-refractivity contribution in [2.45, 2.75) is 52.2 Å². The molecule has 6 heteroatoms. The van der Waals surface area contributed by atoms with E-state index in [1.54, 1.807) is 0 Å². The molecule has 0 aromatic carbocycles. The highest BCUT2D eigenvalue weighted by Crippen LogP contribution is 2.38. The zero-order valence-corrected chi connectivity index (χ0v) is 13.7. The van der Waals surface area contributed by atoms with Crippen LogP contribution in [0.25, 0.3) is 22.2 Å². The highest BCUT2D eigenvalue weighted by atomic mass is 16.5. The van der Waals surface area contributed by atoms with Crippen LogP contribution in [0.1, 0.15) is 50.4 Å². The van der Waals surface area contributed by atoms with Crippen LogP contribution in [-0.2, 0) is 17.8 Å². The van der Waals surface area contributed by atoms with Gasteiger partial charge in [0.2, 0.25) is 11.3 Å². The van der Waals surface area contributed by atoms with Crippen molar-refractivity contribution in [3.63, 3.8) is 0 Å². The lowest BCUT2D eigenvalue weighted by molar-refractivity contribution is -0.0402. The fourth-order valence-electron chi connectivity index (χ4n) is 3.32.